The van der Waals surface area contributed by atoms with Crippen LogP contribution in [0.2, 0.25) is 0 Å². The maximum absolute atomic E-state index is 12.0. The second-order valence-corrected chi connectivity index (χ2v) is 13.9. The standard InChI is InChI=1S/C38H72N2O9/c1-38(2,3)34(41)22-26-46-30-32-49-29-25-40-36(43)23-27-47-31-33-48-28-24-39-35(42)20-18-16-14-12-10-8-6-4-5-7-9-11-13-15-17-19-21-37(44)45/h4-33H2,1-3H3,(H,39,42)(H,40,43)(H,44,45). The molecule has 0 rings (SSSR count). The van der Waals surface area contributed by atoms with Crippen LogP contribution in [0, 0.1) is 5.41 Å². The number of hydrogen-bond donors (Lipinski definition) is 3. The molecule has 0 saturated heterocycles. The third-order valence-electron chi connectivity index (χ3n) is 8.21. The summed E-state index contributed by atoms with van der Waals surface area (Å²) >= 11 is 0. The Morgan fingerprint density at radius 2 is 0.755 bits per heavy atom. The number of carboxylic acid groups (broad SMARTS) is 1. The number of ether oxygens (including phenoxy) is 4. The summed E-state index contributed by atoms with van der Waals surface area (Å²) < 4.78 is 21.8. The number of Topliss-reactive ketones (excluding diaryl/α,β-unsaturated/α-hetero) is 1. The summed E-state index contributed by atoms with van der Waals surface area (Å²) in [5, 5.41) is 14.3. The summed E-state index contributed by atoms with van der Waals surface area (Å²) in [6.45, 7) is 9.78. The van der Waals surface area contributed by atoms with E-state index < -0.39 is 5.97 Å². The fourth-order valence-corrected chi connectivity index (χ4v) is 5.09. The van der Waals surface area contributed by atoms with Crippen LogP contribution in [-0.2, 0) is 38.1 Å². The molecule has 0 aromatic heterocycles. The Labute approximate surface area is 297 Å². The Balaban J connectivity index is 3.29. The maximum atomic E-state index is 12.0. The van der Waals surface area contributed by atoms with Crippen molar-refractivity contribution in [1.29, 1.82) is 0 Å². The van der Waals surface area contributed by atoms with Gasteiger partial charge in [-0.15, -0.1) is 0 Å². The van der Waals surface area contributed by atoms with Crippen LogP contribution in [0.25, 0.3) is 0 Å². The molecule has 0 radical (unpaired) electrons. The van der Waals surface area contributed by atoms with Crippen molar-refractivity contribution >= 4 is 23.6 Å². The molecule has 49 heavy (non-hydrogen) atoms. The van der Waals surface area contributed by atoms with Gasteiger partial charge in [0.25, 0.3) is 0 Å². The van der Waals surface area contributed by atoms with E-state index in [9.17, 15) is 19.2 Å². The molecule has 0 bridgehead atoms. The van der Waals surface area contributed by atoms with Gasteiger partial charge in [0.05, 0.1) is 52.9 Å². The molecule has 11 heteroatoms. The Kier molecular flexibility index (Phi) is 32.9. The molecule has 288 valence electrons. The SMILES string of the molecule is CC(C)(C)C(=O)CCOCCOCCNC(=O)CCOCCOCCNC(=O)CCCCCCCCCCCCCCCCCCC(=O)O. The molecule has 0 aliphatic rings. The first-order valence-corrected chi connectivity index (χ1v) is 19.2. The lowest BCUT2D eigenvalue weighted by Crippen LogP contribution is -2.28. The van der Waals surface area contributed by atoms with E-state index in [0.717, 1.165) is 25.7 Å². The number of hydrogen-bond acceptors (Lipinski definition) is 8. The van der Waals surface area contributed by atoms with Crippen molar-refractivity contribution in [3.8, 4) is 0 Å². The fraction of sp³-hybridized carbons (Fsp3) is 0.895. The Morgan fingerprint density at radius 3 is 1.14 bits per heavy atom. The van der Waals surface area contributed by atoms with Crippen LogP contribution in [-0.4, -0.2) is 94.6 Å². The van der Waals surface area contributed by atoms with Gasteiger partial charge in [-0.25, -0.2) is 0 Å². The molecule has 11 nitrogen and oxygen atoms in total. The minimum Gasteiger partial charge on any atom is -0.481 e. The Morgan fingerprint density at radius 1 is 0.429 bits per heavy atom. The topological polar surface area (TPSA) is 149 Å². The summed E-state index contributed by atoms with van der Waals surface area (Å²) in [6, 6.07) is 0. The molecule has 0 heterocycles. The number of rotatable bonds is 37. The van der Waals surface area contributed by atoms with E-state index in [1.807, 2.05) is 20.8 Å². The molecule has 0 unspecified atom stereocenters. The van der Waals surface area contributed by atoms with Gasteiger partial charge in [0.1, 0.15) is 5.78 Å². The molecule has 0 spiro atoms. The van der Waals surface area contributed by atoms with E-state index in [4.69, 9.17) is 24.1 Å². The Hall–Kier alpha value is -2.08. The van der Waals surface area contributed by atoms with E-state index in [1.54, 1.807) is 0 Å². The van der Waals surface area contributed by atoms with E-state index in [-0.39, 0.29) is 29.4 Å². The molecule has 0 atom stereocenters. The summed E-state index contributed by atoms with van der Waals surface area (Å²) in [4.78, 5) is 46.2. The smallest absolute Gasteiger partial charge is 0.303 e. The van der Waals surface area contributed by atoms with Gasteiger partial charge >= 0.3 is 5.97 Å². The first kappa shape index (κ1) is 46.9. The fourth-order valence-electron chi connectivity index (χ4n) is 5.09. The number of carbonyl (C=O) groups excluding carboxylic acids is 3. The minimum atomic E-state index is -0.681. The lowest BCUT2D eigenvalue weighted by Gasteiger charge is -2.16. The van der Waals surface area contributed by atoms with Gasteiger partial charge in [-0.05, 0) is 12.8 Å². The average molecular weight is 701 g/mol. The largest absolute Gasteiger partial charge is 0.481 e. The molecule has 3 N–H and O–H groups in total. The zero-order chi connectivity index (χ0) is 36.3. The van der Waals surface area contributed by atoms with Gasteiger partial charge in [-0.1, -0.05) is 111 Å². The van der Waals surface area contributed by atoms with Crippen molar-refractivity contribution in [2.45, 2.75) is 149 Å². The second kappa shape index (κ2) is 34.4. The summed E-state index contributed by atoms with van der Waals surface area (Å²) in [5.41, 5.74) is -0.338. The van der Waals surface area contributed by atoms with Gasteiger partial charge in [0, 0.05) is 44.2 Å². The highest BCUT2D eigenvalue weighted by molar-refractivity contribution is 5.83. The lowest BCUT2D eigenvalue weighted by molar-refractivity contribution is -0.137. The van der Waals surface area contributed by atoms with Gasteiger partial charge in [0.15, 0.2) is 0 Å². The number of nitrogens with one attached hydrogen (secondary N) is 2. The molecule has 2 amide bonds. The molecule has 0 aliphatic carbocycles. The summed E-state index contributed by atoms with van der Waals surface area (Å²) in [5.74, 6) is -0.525. The second-order valence-electron chi connectivity index (χ2n) is 13.9. The van der Waals surface area contributed by atoms with Gasteiger partial charge in [0.2, 0.25) is 11.8 Å². The highest BCUT2D eigenvalue weighted by Crippen LogP contribution is 2.16. The predicted molar refractivity (Wildman–Crippen MR) is 194 cm³/mol. The first-order valence-electron chi connectivity index (χ1n) is 19.2. The number of amides is 2. The van der Waals surface area contributed by atoms with Crippen LogP contribution in [0.3, 0.4) is 0 Å². The van der Waals surface area contributed by atoms with E-state index >= 15 is 0 Å². The average Bonchev–Trinajstić information content (AvgIpc) is 3.05. The van der Waals surface area contributed by atoms with Crippen LogP contribution in [0.4, 0.5) is 0 Å². The van der Waals surface area contributed by atoms with Gasteiger partial charge in [-0.3, -0.25) is 19.2 Å². The van der Waals surface area contributed by atoms with E-state index in [0.29, 0.717) is 85.2 Å². The zero-order valence-corrected chi connectivity index (χ0v) is 31.4. The van der Waals surface area contributed by atoms with Crippen LogP contribution < -0.4 is 10.6 Å². The first-order chi connectivity index (χ1) is 23.6. The minimum absolute atomic E-state index is 0.0760. The lowest BCUT2D eigenvalue weighted by atomic mass is 9.89. The third kappa shape index (κ3) is 37.0. The molecule has 0 fully saturated rings. The molecule has 0 aromatic rings. The van der Waals surface area contributed by atoms with E-state index in [1.165, 1.54) is 77.0 Å². The molecule has 0 aromatic carbocycles. The van der Waals surface area contributed by atoms with Crippen molar-refractivity contribution in [1.82, 2.24) is 10.6 Å². The number of ketones is 1. The molecule has 0 aliphatic heterocycles. The summed E-state index contributed by atoms with van der Waals surface area (Å²) in [7, 11) is 0. The van der Waals surface area contributed by atoms with Gasteiger partial charge in [-0.2, -0.15) is 0 Å². The predicted octanol–water partition coefficient (Wildman–Crippen LogP) is 6.79. The highest BCUT2D eigenvalue weighted by atomic mass is 16.5. The highest BCUT2D eigenvalue weighted by Gasteiger charge is 2.20. The summed E-state index contributed by atoms with van der Waals surface area (Å²) in [6.07, 6.45) is 20.8. The van der Waals surface area contributed by atoms with Crippen LogP contribution in [0.15, 0.2) is 0 Å². The maximum Gasteiger partial charge on any atom is 0.303 e. The van der Waals surface area contributed by atoms with Crippen molar-refractivity contribution in [2.75, 3.05) is 65.9 Å². The molecule has 0 saturated carbocycles. The van der Waals surface area contributed by atoms with E-state index in [2.05, 4.69) is 10.6 Å². The third-order valence-corrected chi connectivity index (χ3v) is 8.21. The van der Waals surface area contributed by atoms with Crippen molar-refractivity contribution < 1.29 is 43.2 Å². The number of carboxylic acids is 1. The van der Waals surface area contributed by atoms with Crippen molar-refractivity contribution in [3.05, 3.63) is 0 Å². The van der Waals surface area contributed by atoms with Crippen molar-refractivity contribution in [3.63, 3.8) is 0 Å². The Bertz CT molecular complexity index is 818. The van der Waals surface area contributed by atoms with Crippen LogP contribution in [0.1, 0.15) is 149 Å². The monoisotopic (exact) mass is 701 g/mol. The van der Waals surface area contributed by atoms with Crippen LogP contribution >= 0.6 is 0 Å². The molecular formula is C38H72N2O9. The number of aliphatic carboxylic acids is 1. The normalized spacial score (nSPS) is 11.5. The number of unbranched alkanes of at least 4 members (excludes halogenated alkanes) is 15. The zero-order valence-electron chi connectivity index (χ0n) is 31.4. The number of carbonyl (C=O) groups is 4. The quantitative estimate of drug-likeness (QED) is 0.0596. The van der Waals surface area contributed by atoms with Crippen molar-refractivity contribution in [2.24, 2.45) is 5.41 Å². The molecular weight excluding hydrogens is 628 g/mol. The van der Waals surface area contributed by atoms with Gasteiger partial charge < -0.3 is 34.7 Å². The van der Waals surface area contributed by atoms with Crippen LogP contribution in [0.5, 0.6) is 0 Å².